The monoisotopic (exact) mass is 343 g/mol. The second-order valence-corrected chi connectivity index (χ2v) is 5.53. The zero-order valence-electron chi connectivity index (χ0n) is 12.8. The van der Waals surface area contributed by atoms with Crippen molar-refractivity contribution in [1.82, 2.24) is 15.3 Å². The zero-order valence-corrected chi connectivity index (χ0v) is 13.6. The number of pyridine rings is 2. The van der Waals surface area contributed by atoms with E-state index in [1.807, 2.05) is 0 Å². The summed E-state index contributed by atoms with van der Waals surface area (Å²) in [6.45, 7) is 0.289. The van der Waals surface area contributed by atoms with Crippen molar-refractivity contribution in [3.63, 3.8) is 0 Å². The number of methoxy groups -OCH3 is 1. The lowest BCUT2D eigenvalue weighted by Crippen LogP contribution is -2.29. The molecular formula is C17H14ClN3O3. The maximum Gasteiger partial charge on any atom is 0.262 e. The van der Waals surface area contributed by atoms with Gasteiger partial charge in [0.2, 0.25) is 0 Å². The summed E-state index contributed by atoms with van der Waals surface area (Å²) in [7, 11) is 1.51. The van der Waals surface area contributed by atoms with E-state index in [9.17, 15) is 9.59 Å². The first-order valence-electron chi connectivity index (χ1n) is 7.17. The molecule has 0 aliphatic rings. The number of halogens is 1. The molecule has 0 bridgehead atoms. The molecule has 0 atom stereocenters. The third-order valence-electron chi connectivity index (χ3n) is 3.55. The summed E-state index contributed by atoms with van der Waals surface area (Å²) in [5.74, 6) is 0.0574. The molecule has 0 fully saturated rings. The molecule has 6 nitrogen and oxygen atoms in total. The van der Waals surface area contributed by atoms with Gasteiger partial charge in [0.25, 0.3) is 11.5 Å². The van der Waals surface area contributed by atoms with Gasteiger partial charge in [0, 0.05) is 17.8 Å². The number of benzene rings is 1. The number of nitrogens with one attached hydrogen (secondary N) is 2. The van der Waals surface area contributed by atoms with Gasteiger partial charge in [-0.1, -0.05) is 23.7 Å². The summed E-state index contributed by atoms with van der Waals surface area (Å²) in [4.78, 5) is 31.1. The predicted molar refractivity (Wildman–Crippen MR) is 91.5 cm³/mol. The second-order valence-electron chi connectivity index (χ2n) is 5.10. The normalized spacial score (nSPS) is 10.6. The van der Waals surface area contributed by atoms with Gasteiger partial charge in [-0.05, 0) is 29.8 Å². The highest BCUT2D eigenvalue weighted by Crippen LogP contribution is 2.21. The van der Waals surface area contributed by atoms with Crippen LogP contribution in [0.25, 0.3) is 11.0 Å². The van der Waals surface area contributed by atoms with Gasteiger partial charge >= 0.3 is 0 Å². The van der Waals surface area contributed by atoms with Gasteiger partial charge in [-0.25, -0.2) is 4.98 Å². The third-order valence-corrected chi connectivity index (χ3v) is 3.80. The molecule has 0 saturated carbocycles. The number of hydrogen-bond acceptors (Lipinski definition) is 4. The Morgan fingerprint density at radius 1 is 1.29 bits per heavy atom. The number of rotatable bonds is 4. The fourth-order valence-electron chi connectivity index (χ4n) is 2.31. The maximum atomic E-state index is 12.3. The molecule has 0 spiro atoms. The molecule has 0 saturated heterocycles. The summed E-state index contributed by atoms with van der Waals surface area (Å²) in [6, 6.07) is 10.2. The minimum atomic E-state index is -0.503. The number of carbonyl (C=O) groups excluding carboxylic acids is 1. The Hall–Kier alpha value is -2.86. The lowest BCUT2D eigenvalue weighted by atomic mass is 10.1. The smallest absolute Gasteiger partial charge is 0.262 e. The summed E-state index contributed by atoms with van der Waals surface area (Å²) < 4.78 is 5.24. The van der Waals surface area contributed by atoms with E-state index in [1.165, 1.54) is 19.4 Å². The van der Waals surface area contributed by atoms with E-state index in [1.54, 1.807) is 30.3 Å². The average molecular weight is 344 g/mol. The van der Waals surface area contributed by atoms with Gasteiger partial charge in [-0.2, -0.15) is 0 Å². The van der Waals surface area contributed by atoms with E-state index in [0.717, 1.165) is 5.56 Å². The summed E-state index contributed by atoms with van der Waals surface area (Å²) in [6.07, 6.45) is 1.53. The highest BCUT2D eigenvalue weighted by atomic mass is 35.5. The van der Waals surface area contributed by atoms with Crippen LogP contribution in [-0.2, 0) is 6.54 Å². The number of carbonyl (C=O) groups is 1. The van der Waals surface area contributed by atoms with Crippen LogP contribution in [0.3, 0.4) is 0 Å². The van der Waals surface area contributed by atoms with Gasteiger partial charge in [0.1, 0.15) is 17.0 Å². The van der Waals surface area contributed by atoms with Crippen LogP contribution in [0.4, 0.5) is 0 Å². The Labute approximate surface area is 142 Å². The molecule has 0 unspecified atom stereocenters. The van der Waals surface area contributed by atoms with Crippen LogP contribution in [0.5, 0.6) is 5.75 Å². The van der Waals surface area contributed by atoms with E-state index in [0.29, 0.717) is 21.8 Å². The molecule has 24 heavy (non-hydrogen) atoms. The fourth-order valence-corrected chi connectivity index (χ4v) is 2.43. The molecule has 3 aromatic rings. The van der Waals surface area contributed by atoms with Crippen molar-refractivity contribution in [3.8, 4) is 5.75 Å². The van der Waals surface area contributed by atoms with Gasteiger partial charge in [-0.15, -0.1) is 0 Å². The highest BCUT2D eigenvalue weighted by Gasteiger charge is 2.14. The second kappa shape index (κ2) is 6.72. The molecule has 3 rings (SSSR count). The first kappa shape index (κ1) is 16.0. The van der Waals surface area contributed by atoms with E-state index < -0.39 is 11.5 Å². The van der Waals surface area contributed by atoms with Crippen LogP contribution in [0.1, 0.15) is 15.9 Å². The molecule has 0 radical (unpaired) electrons. The number of aromatic nitrogens is 2. The summed E-state index contributed by atoms with van der Waals surface area (Å²) in [5.41, 5.74) is 0.748. The van der Waals surface area contributed by atoms with Crippen LogP contribution >= 0.6 is 11.6 Å². The highest BCUT2D eigenvalue weighted by molar-refractivity contribution is 6.30. The largest absolute Gasteiger partial charge is 0.496 e. The van der Waals surface area contributed by atoms with Crippen LogP contribution < -0.4 is 15.6 Å². The zero-order chi connectivity index (χ0) is 17.1. The van der Waals surface area contributed by atoms with E-state index in [4.69, 9.17) is 16.3 Å². The number of H-pyrrole nitrogens is 1. The van der Waals surface area contributed by atoms with Crippen molar-refractivity contribution >= 4 is 28.5 Å². The topological polar surface area (TPSA) is 84.1 Å². The van der Waals surface area contributed by atoms with Crippen molar-refractivity contribution in [1.29, 1.82) is 0 Å². The van der Waals surface area contributed by atoms with Crippen molar-refractivity contribution in [2.45, 2.75) is 6.54 Å². The fraction of sp³-hybridized carbons (Fsp3) is 0.118. The quantitative estimate of drug-likeness (QED) is 0.762. The Bertz CT molecular complexity index is 951. The average Bonchev–Trinajstić information content (AvgIpc) is 2.59. The first-order chi connectivity index (χ1) is 11.6. The molecule has 2 heterocycles. The number of nitrogens with zero attached hydrogens (tertiary/aromatic N) is 1. The summed E-state index contributed by atoms with van der Waals surface area (Å²) >= 11 is 5.82. The molecule has 122 valence electrons. The number of fused-ring (bicyclic) bond motifs is 1. The van der Waals surface area contributed by atoms with Crippen LogP contribution in [-0.4, -0.2) is 23.0 Å². The van der Waals surface area contributed by atoms with Crippen LogP contribution in [0.2, 0.25) is 5.02 Å². The lowest BCUT2D eigenvalue weighted by Gasteiger charge is -2.08. The minimum absolute atomic E-state index is 0.00256. The molecular weight excluding hydrogens is 330 g/mol. The van der Waals surface area contributed by atoms with Crippen molar-refractivity contribution in [3.05, 3.63) is 69.1 Å². The molecule has 1 aromatic carbocycles. The summed E-state index contributed by atoms with van der Waals surface area (Å²) in [5, 5.41) is 3.90. The number of ether oxygens (including phenoxy) is 1. The van der Waals surface area contributed by atoms with Gasteiger partial charge in [0.05, 0.1) is 12.5 Å². The van der Waals surface area contributed by atoms with Crippen LogP contribution in [0, 0.1) is 0 Å². The molecule has 2 aromatic heterocycles. The standard InChI is InChI=1S/C17H14ClN3O3/c1-24-14-6-7-19-15-12(14)8-13(17(23)21-15)16(22)20-9-10-2-4-11(18)5-3-10/h2-8H,9H2,1H3,(H,20,22)(H,19,21,23). The lowest BCUT2D eigenvalue weighted by molar-refractivity contribution is 0.0949. The Balaban J connectivity index is 1.87. The molecule has 0 aliphatic carbocycles. The Morgan fingerprint density at radius 2 is 2.04 bits per heavy atom. The molecule has 7 heteroatoms. The Kier molecular flexibility index (Phi) is 4.48. The predicted octanol–water partition coefficient (Wildman–Crippen LogP) is 2.52. The van der Waals surface area contributed by atoms with Gasteiger partial charge in [-0.3, -0.25) is 9.59 Å². The van der Waals surface area contributed by atoms with Crippen LogP contribution in [0.15, 0.2) is 47.4 Å². The van der Waals surface area contributed by atoms with Crippen molar-refractivity contribution < 1.29 is 9.53 Å². The number of hydrogen-bond donors (Lipinski definition) is 2. The maximum absolute atomic E-state index is 12.3. The number of amides is 1. The van der Waals surface area contributed by atoms with Crippen molar-refractivity contribution in [2.75, 3.05) is 7.11 Å². The van der Waals surface area contributed by atoms with E-state index in [-0.39, 0.29) is 12.1 Å². The first-order valence-corrected chi connectivity index (χ1v) is 7.55. The van der Waals surface area contributed by atoms with E-state index in [2.05, 4.69) is 15.3 Å². The van der Waals surface area contributed by atoms with E-state index >= 15 is 0 Å². The molecule has 0 aliphatic heterocycles. The number of aromatic amines is 1. The Morgan fingerprint density at radius 3 is 2.75 bits per heavy atom. The molecule has 1 amide bonds. The van der Waals surface area contributed by atoms with Crippen molar-refractivity contribution in [2.24, 2.45) is 0 Å². The molecule has 2 N–H and O–H groups in total. The minimum Gasteiger partial charge on any atom is -0.496 e. The van der Waals surface area contributed by atoms with Gasteiger partial charge in [0.15, 0.2) is 0 Å². The SMILES string of the molecule is COc1ccnc2[nH]c(=O)c(C(=O)NCc3ccc(Cl)cc3)cc12. The third kappa shape index (κ3) is 3.23. The van der Waals surface area contributed by atoms with Gasteiger partial charge < -0.3 is 15.0 Å².